The van der Waals surface area contributed by atoms with E-state index in [4.69, 9.17) is 4.74 Å². The highest BCUT2D eigenvalue weighted by atomic mass is 32.2. The molecule has 1 aliphatic heterocycles. The zero-order valence-corrected chi connectivity index (χ0v) is 13.8. The van der Waals surface area contributed by atoms with Gasteiger partial charge < -0.3 is 4.74 Å². The molecule has 2 heterocycles. The second-order valence-corrected chi connectivity index (χ2v) is 7.44. The summed E-state index contributed by atoms with van der Waals surface area (Å²) in [5, 5.41) is 4.30. The minimum atomic E-state index is -3.47. The van der Waals surface area contributed by atoms with Gasteiger partial charge in [0.05, 0.1) is 25.1 Å². The molecule has 1 fully saturated rings. The lowest BCUT2D eigenvalue weighted by molar-refractivity contribution is 0.0705. The fourth-order valence-electron chi connectivity index (χ4n) is 2.48. The van der Waals surface area contributed by atoms with Gasteiger partial charge in [-0.05, 0) is 12.1 Å². The Balaban J connectivity index is 1.70. The normalized spacial score (nSPS) is 16.8. The van der Waals surface area contributed by atoms with Gasteiger partial charge in [-0.15, -0.1) is 0 Å². The molecule has 0 unspecified atom stereocenters. The molecule has 0 amide bonds. The van der Waals surface area contributed by atoms with E-state index in [-0.39, 0.29) is 6.54 Å². The molecule has 1 aromatic heterocycles. The highest BCUT2D eigenvalue weighted by molar-refractivity contribution is 7.86. The van der Waals surface area contributed by atoms with E-state index in [0.717, 1.165) is 11.3 Å². The van der Waals surface area contributed by atoms with Crippen molar-refractivity contribution in [1.29, 1.82) is 0 Å². The monoisotopic (exact) mass is 336 g/mol. The summed E-state index contributed by atoms with van der Waals surface area (Å²) in [5.74, 6) is 0. The third kappa shape index (κ3) is 3.61. The number of aromatic nitrogens is 2. The second-order valence-electron chi connectivity index (χ2n) is 5.40. The van der Waals surface area contributed by atoms with Crippen LogP contribution < -0.4 is 0 Å². The summed E-state index contributed by atoms with van der Waals surface area (Å²) in [4.78, 5) is 0. The zero-order chi connectivity index (χ0) is 16.3. The van der Waals surface area contributed by atoms with Crippen molar-refractivity contribution in [2.24, 2.45) is 0 Å². The van der Waals surface area contributed by atoms with Gasteiger partial charge in [0, 0.05) is 38.4 Å². The van der Waals surface area contributed by atoms with Crippen LogP contribution in [0.5, 0.6) is 0 Å². The van der Waals surface area contributed by atoms with Gasteiger partial charge in [-0.1, -0.05) is 18.2 Å². The lowest BCUT2D eigenvalue weighted by atomic mass is 10.3. The van der Waals surface area contributed by atoms with E-state index >= 15 is 0 Å². The Morgan fingerprint density at radius 1 is 1.22 bits per heavy atom. The second kappa shape index (κ2) is 6.79. The molecule has 8 heteroatoms. The van der Waals surface area contributed by atoms with Gasteiger partial charge in [-0.2, -0.15) is 22.1 Å². The van der Waals surface area contributed by atoms with Crippen molar-refractivity contribution in [1.82, 2.24) is 18.4 Å². The van der Waals surface area contributed by atoms with Gasteiger partial charge in [-0.3, -0.25) is 0 Å². The molecule has 0 radical (unpaired) electrons. The summed E-state index contributed by atoms with van der Waals surface area (Å²) in [6.45, 7) is 1.97. The van der Waals surface area contributed by atoms with Crippen LogP contribution in [0.15, 0.2) is 42.7 Å². The number of ether oxygens (including phenoxy) is 1. The summed E-state index contributed by atoms with van der Waals surface area (Å²) in [5.41, 5.74) is 1.78. The number of benzene rings is 1. The summed E-state index contributed by atoms with van der Waals surface area (Å²) < 4.78 is 34.8. The molecule has 23 heavy (non-hydrogen) atoms. The van der Waals surface area contributed by atoms with Crippen LogP contribution in [0.2, 0.25) is 0 Å². The van der Waals surface area contributed by atoms with E-state index in [2.05, 4.69) is 5.10 Å². The van der Waals surface area contributed by atoms with E-state index in [1.807, 2.05) is 36.5 Å². The number of para-hydroxylation sites is 1. The van der Waals surface area contributed by atoms with Gasteiger partial charge in [-0.25, -0.2) is 4.68 Å². The molecule has 1 saturated heterocycles. The Bertz CT molecular complexity index is 739. The van der Waals surface area contributed by atoms with Crippen molar-refractivity contribution in [3.8, 4) is 5.69 Å². The van der Waals surface area contributed by atoms with Crippen LogP contribution in [0.4, 0.5) is 0 Å². The molecule has 0 spiro atoms. The Labute approximate surface area is 136 Å². The summed E-state index contributed by atoms with van der Waals surface area (Å²) >= 11 is 0. The molecule has 7 nitrogen and oxygen atoms in total. The third-order valence-corrected chi connectivity index (χ3v) is 5.69. The first-order valence-electron chi connectivity index (χ1n) is 7.45. The largest absolute Gasteiger partial charge is 0.379 e. The van der Waals surface area contributed by atoms with Crippen LogP contribution in [0, 0.1) is 0 Å². The average Bonchev–Trinajstić information content (AvgIpc) is 3.05. The summed E-state index contributed by atoms with van der Waals surface area (Å²) in [7, 11) is -1.88. The Morgan fingerprint density at radius 3 is 2.61 bits per heavy atom. The molecule has 124 valence electrons. The van der Waals surface area contributed by atoms with E-state index < -0.39 is 10.2 Å². The van der Waals surface area contributed by atoms with Crippen LogP contribution in [0.25, 0.3) is 5.69 Å². The smallest absolute Gasteiger partial charge is 0.282 e. The van der Waals surface area contributed by atoms with Crippen LogP contribution in [-0.4, -0.2) is 60.2 Å². The van der Waals surface area contributed by atoms with E-state index in [1.165, 1.54) is 8.61 Å². The lowest BCUT2D eigenvalue weighted by Gasteiger charge is -2.29. The van der Waals surface area contributed by atoms with Gasteiger partial charge >= 0.3 is 0 Å². The highest BCUT2D eigenvalue weighted by Gasteiger charge is 2.28. The minimum absolute atomic E-state index is 0.284. The quantitative estimate of drug-likeness (QED) is 0.813. The first-order chi connectivity index (χ1) is 11.1. The first kappa shape index (κ1) is 16.1. The maximum atomic E-state index is 12.5. The fraction of sp³-hybridized carbons (Fsp3) is 0.400. The number of morpholine rings is 1. The molecule has 0 bridgehead atoms. The van der Waals surface area contributed by atoms with E-state index in [1.54, 1.807) is 17.9 Å². The van der Waals surface area contributed by atoms with Gasteiger partial charge in [0.2, 0.25) is 0 Å². The first-order valence-corrected chi connectivity index (χ1v) is 8.85. The van der Waals surface area contributed by atoms with Crippen molar-refractivity contribution in [2.45, 2.75) is 6.54 Å². The Kier molecular flexibility index (Phi) is 4.76. The highest BCUT2D eigenvalue weighted by Crippen LogP contribution is 2.14. The molecule has 1 aromatic carbocycles. The molecular weight excluding hydrogens is 316 g/mol. The van der Waals surface area contributed by atoms with Crippen molar-refractivity contribution < 1.29 is 13.2 Å². The van der Waals surface area contributed by atoms with Gasteiger partial charge in [0.25, 0.3) is 10.2 Å². The van der Waals surface area contributed by atoms with Gasteiger partial charge in [0.1, 0.15) is 0 Å². The molecule has 2 aromatic rings. The molecule has 0 atom stereocenters. The van der Waals surface area contributed by atoms with Crippen molar-refractivity contribution in [3.63, 3.8) is 0 Å². The minimum Gasteiger partial charge on any atom is -0.379 e. The fourth-order valence-corrected chi connectivity index (χ4v) is 3.79. The molecule has 0 saturated carbocycles. The summed E-state index contributed by atoms with van der Waals surface area (Å²) in [6, 6.07) is 9.71. The van der Waals surface area contributed by atoms with Crippen LogP contribution in [0.3, 0.4) is 0 Å². The van der Waals surface area contributed by atoms with Crippen LogP contribution in [0.1, 0.15) is 5.56 Å². The van der Waals surface area contributed by atoms with Crippen molar-refractivity contribution in [2.75, 3.05) is 33.4 Å². The Morgan fingerprint density at radius 2 is 1.91 bits per heavy atom. The topological polar surface area (TPSA) is 67.7 Å². The van der Waals surface area contributed by atoms with Crippen LogP contribution in [-0.2, 0) is 21.5 Å². The van der Waals surface area contributed by atoms with Crippen LogP contribution >= 0.6 is 0 Å². The number of hydrogen-bond donors (Lipinski definition) is 0. The SMILES string of the molecule is CN(Cc1cnn(-c2ccccc2)c1)S(=O)(=O)N1CCOCC1. The average molecular weight is 336 g/mol. The maximum absolute atomic E-state index is 12.5. The van der Waals surface area contributed by atoms with Crippen molar-refractivity contribution in [3.05, 3.63) is 48.3 Å². The molecule has 0 N–H and O–H groups in total. The zero-order valence-electron chi connectivity index (χ0n) is 13.0. The summed E-state index contributed by atoms with van der Waals surface area (Å²) in [6.07, 6.45) is 3.54. The predicted molar refractivity (Wildman–Crippen MR) is 86.3 cm³/mol. The lowest BCUT2D eigenvalue weighted by Crippen LogP contribution is -2.47. The molecule has 0 aliphatic carbocycles. The predicted octanol–water partition coefficient (Wildman–Crippen LogP) is 0.881. The van der Waals surface area contributed by atoms with E-state index in [9.17, 15) is 8.42 Å². The number of nitrogens with zero attached hydrogens (tertiary/aromatic N) is 4. The van der Waals surface area contributed by atoms with Gasteiger partial charge in [0.15, 0.2) is 0 Å². The maximum Gasteiger partial charge on any atom is 0.282 e. The van der Waals surface area contributed by atoms with Crippen molar-refractivity contribution >= 4 is 10.2 Å². The molecular formula is C15H20N4O3S. The number of hydrogen-bond acceptors (Lipinski definition) is 4. The van der Waals surface area contributed by atoms with E-state index in [0.29, 0.717) is 26.3 Å². The molecule has 1 aliphatic rings. The standard InChI is InChI=1S/C15H20N4O3S/c1-17(23(20,21)18-7-9-22-10-8-18)12-14-11-16-19(13-14)15-5-3-2-4-6-15/h2-6,11,13H,7-10,12H2,1H3. The number of rotatable bonds is 5. The Hall–Kier alpha value is -1.74. The molecule has 3 rings (SSSR count). The third-order valence-electron chi connectivity index (χ3n) is 3.75.